The maximum Gasteiger partial charge on any atom is 0.511 e. The fourth-order valence-corrected chi connectivity index (χ4v) is 3.78. The highest BCUT2D eigenvalue weighted by molar-refractivity contribution is 5.86. The molecule has 6 heteroatoms. The smallest absolute Gasteiger partial charge is 0.488 e. The van der Waals surface area contributed by atoms with Crippen molar-refractivity contribution in [3.05, 3.63) is 95.8 Å². The first-order valence-corrected chi connectivity index (χ1v) is 9.55. The first-order chi connectivity index (χ1) is 14.7. The Morgan fingerprint density at radius 3 is 2.83 bits per heavy atom. The molecule has 6 nitrogen and oxygen atoms in total. The third kappa shape index (κ3) is 3.28. The molecular weight excluding hydrogens is 380 g/mol. The minimum absolute atomic E-state index is 0.253. The maximum atomic E-state index is 11.0. The Kier molecular flexibility index (Phi) is 4.44. The summed E-state index contributed by atoms with van der Waals surface area (Å²) in [4.78, 5) is 15.5. The van der Waals surface area contributed by atoms with Crippen molar-refractivity contribution in [3.8, 4) is 11.5 Å². The van der Waals surface area contributed by atoms with Gasteiger partial charge in [0.2, 0.25) is 0 Å². The molecule has 1 N–H and O–H groups in total. The van der Waals surface area contributed by atoms with Gasteiger partial charge in [0.15, 0.2) is 0 Å². The normalized spacial score (nSPS) is 13.9. The lowest BCUT2D eigenvalue weighted by Crippen LogP contribution is -2.03. The molecule has 0 fully saturated rings. The molecule has 2 heterocycles. The summed E-state index contributed by atoms with van der Waals surface area (Å²) in [6, 6.07) is 21.1. The summed E-state index contributed by atoms with van der Waals surface area (Å²) in [5.74, 6) is 0.939. The van der Waals surface area contributed by atoms with E-state index in [9.17, 15) is 4.79 Å². The molecule has 0 saturated carbocycles. The van der Waals surface area contributed by atoms with E-state index in [1.165, 1.54) is 0 Å². The summed E-state index contributed by atoms with van der Waals surface area (Å²) in [6.45, 7) is 1.04. The number of hydrogen-bond donors (Lipinski definition) is 1. The molecule has 1 aliphatic rings. The van der Waals surface area contributed by atoms with Crippen LogP contribution in [0.4, 0.5) is 4.79 Å². The largest absolute Gasteiger partial charge is 0.511 e. The zero-order valence-corrected chi connectivity index (χ0v) is 16.0. The lowest BCUT2D eigenvalue weighted by atomic mass is 9.94. The summed E-state index contributed by atoms with van der Waals surface area (Å²) in [5, 5.41) is 9.00. The zero-order chi connectivity index (χ0) is 20.5. The molecule has 0 aliphatic carbocycles. The summed E-state index contributed by atoms with van der Waals surface area (Å²) in [5.41, 5.74) is 5.87. The molecule has 0 amide bonds. The number of carboxylic acid groups (broad SMARTS) is 1. The van der Waals surface area contributed by atoms with E-state index in [1.807, 2.05) is 48.8 Å². The van der Waals surface area contributed by atoms with Crippen molar-refractivity contribution in [2.45, 2.75) is 13.2 Å². The molecule has 1 aliphatic heterocycles. The monoisotopic (exact) mass is 398 g/mol. The second-order valence-electron chi connectivity index (χ2n) is 6.98. The molecule has 0 atom stereocenters. The molecule has 30 heavy (non-hydrogen) atoms. The van der Waals surface area contributed by atoms with Gasteiger partial charge in [-0.1, -0.05) is 42.5 Å². The van der Waals surface area contributed by atoms with Crippen molar-refractivity contribution in [2.75, 3.05) is 0 Å². The average Bonchev–Trinajstić information content (AvgIpc) is 3.09. The Morgan fingerprint density at radius 1 is 1.10 bits per heavy atom. The number of fused-ring (bicyclic) bond motifs is 3. The third-order valence-corrected chi connectivity index (χ3v) is 5.16. The van der Waals surface area contributed by atoms with Gasteiger partial charge in [-0.25, -0.2) is 9.78 Å². The van der Waals surface area contributed by atoms with Crippen molar-refractivity contribution in [2.24, 2.45) is 0 Å². The van der Waals surface area contributed by atoms with Gasteiger partial charge >= 0.3 is 6.16 Å². The summed E-state index contributed by atoms with van der Waals surface area (Å²) < 4.78 is 13.0. The van der Waals surface area contributed by atoms with Gasteiger partial charge in [-0.3, -0.25) is 0 Å². The Balaban J connectivity index is 1.63. The van der Waals surface area contributed by atoms with Crippen molar-refractivity contribution in [1.29, 1.82) is 0 Å². The number of aromatic nitrogens is 2. The number of allylic oxidation sites excluding steroid dienone is 1. The van der Waals surface area contributed by atoms with Crippen LogP contribution in [0, 0.1) is 0 Å². The van der Waals surface area contributed by atoms with Gasteiger partial charge in [0.25, 0.3) is 0 Å². The predicted molar refractivity (Wildman–Crippen MR) is 113 cm³/mol. The van der Waals surface area contributed by atoms with Crippen molar-refractivity contribution >= 4 is 22.8 Å². The molecule has 0 bridgehead atoms. The molecule has 0 unspecified atom stereocenters. The average molecular weight is 398 g/mol. The van der Waals surface area contributed by atoms with Crippen LogP contribution >= 0.6 is 0 Å². The highest BCUT2D eigenvalue weighted by Crippen LogP contribution is 2.38. The van der Waals surface area contributed by atoms with Crippen LogP contribution in [0.1, 0.15) is 16.7 Å². The first kappa shape index (κ1) is 18.0. The van der Waals surface area contributed by atoms with E-state index in [0.29, 0.717) is 18.9 Å². The Labute approximate surface area is 172 Å². The summed E-state index contributed by atoms with van der Waals surface area (Å²) in [7, 11) is 0. The van der Waals surface area contributed by atoms with Crippen LogP contribution in [-0.4, -0.2) is 20.8 Å². The molecule has 0 radical (unpaired) electrons. The van der Waals surface area contributed by atoms with E-state index in [0.717, 1.165) is 33.3 Å². The second-order valence-corrected chi connectivity index (χ2v) is 6.98. The van der Waals surface area contributed by atoms with Crippen LogP contribution in [0.3, 0.4) is 0 Å². The summed E-state index contributed by atoms with van der Waals surface area (Å²) >= 11 is 0. The number of para-hydroxylation sites is 2. The lowest BCUT2D eigenvalue weighted by Gasteiger charge is -2.12. The summed E-state index contributed by atoms with van der Waals surface area (Å²) in [6.07, 6.45) is 2.59. The second kappa shape index (κ2) is 7.40. The quantitative estimate of drug-likeness (QED) is 0.383. The molecule has 1 aromatic heterocycles. The highest BCUT2D eigenvalue weighted by Gasteiger charge is 2.20. The van der Waals surface area contributed by atoms with E-state index in [-0.39, 0.29) is 5.75 Å². The van der Waals surface area contributed by atoms with Gasteiger partial charge in [0.05, 0.1) is 17.4 Å². The van der Waals surface area contributed by atoms with E-state index in [2.05, 4.69) is 21.7 Å². The minimum Gasteiger partial charge on any atom is -0.488 e. The number of nitrogens with zero attached hydrogens (tertiary/aromatic N) is 2. The zero-order valence-electron chi connectivity index (χ0n) is 16.0. The number of benzene rings is 3. The van der Waals surface area contributed by atoms with Gasteiger partial charge in [-0.2, -0.15) is 0 Å². The van der Waals surface area contributed by atoms with Gasteiger partial charge in [0, 0.05) is 12.1 Å². The lowest BCUT2D eigenvalue weighted by molar-refractivity contribution is 0.144. The van der Waals surface area contributed by atoms with Crippen LogP contribution in [0.25, 0.3) is 16.6 Å². The fraction of sp³-hybridized carbons (Fsp3) is 0.0833. The highest BCUT2D eigenvalue weighted by atomic mass is 16.7. The van der Waals surface area contributed by atoms with Gasteiger partial charge < -0.3 is 19.1 Å². The van der Waals surface area contributed by atoms with Crippen molar-refractivity contribution in [3.63, 3.8) is 0 Å². The predicted octanol–water partition coefficient (Wildman–Crippen LogP) is 5.12. The van der Waals surface area contributed by atoms with Crippen molar-refractivity contribution < 1.29 is 19.4 Å². The van der Waals surface area contributed by atoms with Crippen LogP contribution in [0.15, 0.2) is 79.1 Å². The molecular formula is C24H18N2O4. The van der Waals surface area contributed by atoms with E-state index < -0.39 is 6.16 Å². The molecule has 148 valence electrons. The molecule has 5 rings (SSSR count). The van der Waals surface area contributed by atoms with E-state index in [1.54, 1.807) is 18.2 Å². The van der Waals surface area contributed by atoms with Gasteiger partial charge in [-0.15, -0.1) is 0 Å². The number of hydrogen-bond acceptors (Lipinski definition) is 4. The van der Waals surface area contributed by atoms with Gasteiger partial charge in [-0.05, 0) is 47.0 Å². The number of ether oxygens (including phenoxy) is 2. The van der Waals surface area contributed by atoms with Gasteiger partial charge in [0.1, 0.15) is 18.1 Å². The number of carbonyl (C=O) groups is 1. The van der Waals surface area contributed by atoms with E-state index >= 15 is 0 Å². The number of rotatable bonds is 3. The standard InChI is InChI=1S/C24H18N2O4/c27-24(28)30-17-9-10-23-20(13-17)19(18-6-2-1-5-16(18)14-29-23)11-12-26-15-25-21-7-3-4-8-22(21)26/h1-11,13,15H,12,14H2,(H,27,28). The number of imidazole rings is 1. The third-order valence-electron chi connectivity index (χ3n) is 5.16. The molecule has 4 aromatic rings. The fourth-order valence-electron chi connectivity index (χ4n) is 3.78. The van der Waals surface area contributed by atoms with E-state index in [4.69, 9.17) is 14.6 Å². The Bertz CT molecular complexity index is 1290. The molecule has 3 aromatic carbocycles. The Morgan fingerprint density at radius 2 is 1.93 bits per heavy atom. The first-order valence-electron chi connectivity index (χ1n) is 9.55. The van der Waals surface area contributed by atoms with Crippen molar-refractivity contribution in [1.82, 2.24) is 9.55 Å². The van der Waals surface area contributed by atoms with Crippen LogP contribution in [0.5, 0.6) is 11.5 Å². The van der Waals surface area contributed by atoms with Crippen LogP contribution in [-0.2, 0) is 13.2 Å². The topological polar surface area (TPSA) is 73.6 Å². The molecule has 0 spiro atoms. The Hall–Kier alpha value is -4.06. The van der Waals surface area contributed by atoms with Crippen LogP contribution in [0.2, 0.25) is 0 Å². The minimum atomic E-state index is -1.35. The SMILES string of the molecule is O=C(O)Oc1ccc2c(c1)C(=CCn1cnc3ccccc31)c1ccccc1CO2. The molecule has 0 saturated heterocycles. The van der Waals surface area contributed by atoms with Crippen LogP contribution < -0.4 is 9.47 Å². The maximum absolute atomic E-state index is 11.0.